The Hall–Kier alpha value is -2.12. The number of ether oxygens (including phenoxy) is 1. The van der Waals surface area contributed by atoms with E-state index in [9.17, 15) is 9.59 Å². The van der Waals surface area contributed by atoms with E-state index in [4.69, 9.17) is 9.84 Å². The molecule has 1 atom stereocenters. The third kappa shape index (κ3) is 5.17. The quantitative estimate of drug-likeness (QED) is 0.702. The number of hydrogen-bond acceptors (Lipinski definition) is 5. The fraction of sp³-hybridized carbons (Fsp3) is 0.556. The van der Waals surface area contributed by atoms with Crippen molar-refractivity contribution in [2.24, 2.45) is 0 Å². The number of benzene rings is 1. The van der Waals surface area contributed by atoms with Crippen molar-refractivity contribution in [1.82, 2.24) is 15.1 Å². The Bertz CT molecular complexity index is 593. The fourth-order valence-electron chi connectivity index (χ4n) is 2.92. The summed E-state index contributed by atoms with van der Waals surface area (Å²) in [6.07, 6.45) is 0.0964. The maximum atomic E-state index is 12.3. The number of carbonyl (C=O) groups excluding carboxylic acids is 2. The second-order valence-electron chi connectivity index (χ2n) is 6.06. The van der Waals surface area contributed by atoms with Crippen LogP contribution >= 0.6 is 0 Å². The molecule has 2 rings (SSSR count). The van der Waals surface area contributed by atoms with Crippen molar-refractivity contribution in [1.29, 1.82) is 0 Å². The predicted octanol–water partition coefficient (Wildman–Crippen LogP) is 0.227. The summed E-state index contributed by atoms with van der Waals surface area (Å²) in [5.41, 5.74) is 1.00. The van der Waals surface area contributed by atoms with Crippen molar-refractivity contribution >= 4 is 11.8 Å². The lowest BCUT2D eigenvalue weighted by Gasteiger charge is -2.35. The molecule has 7 nitrogen and oxygen atoms in total. The summed E-state index contributed by atoms with van der Waals surface area (Å²) < 4.78 is 5.66. The monoisotopic (exact) mass is 349 g/mol. The summed E-state index contributed by atoms with van der Waals surface area (Å²) in [5.74, 6) is 0.517. The molecule has 0 bridgehead atoms. The van der Waals surface area contributed by atoms with Crippen LogP contribution in [0.5, 0.6) is 5.75 Å². The Morgan fingerprint density at radius 3 is 2.92 bits per heavy atom. The minimum atomic E-state index is -0.517. The molecule has 0 aliphatic carbocycles. The molecular formula is C18H27N3O4. The summed E-state index contributed by atoms with van der Waals surface area (Å²) in [7, 11) is 1.63. The van der Waals surface area contributed by atoms with Crippen LogP contribution in [-0.2, 0) is 16.1 Å². The SMILES string of the molecule is CCOc1ccccc1CN1CCNC(=O)[C@@H]1CC(=O)N(C)CCO. The van der Waals surface area contributed by atoms with Gasteiger partial charge in [-0.1, -0.05) is 18.2 Å². The van der Waals surface area contributed by atoms with Crippen LogP contribution in [-0.4, -0.2) is 72.7 Å². The lowest BCUT2D eigenvalue weighted by atomic mass is 10.1. The highest BCUT2D eigenvalue weighted by atomic mass is 16.5. The molecule has 2 N–H and O–H groups in total. The Morgan fingerprint density at radius 1 is 1.44 bits per heavy atom. The minimum absolute atomic E-state index is 0.0927. The second kappa shape index (κ2) is 9.39. The molecule has 2 amide bonds. The van der Waals surface area contributed by atoms with Crippen LogP contribution in [0.3, 0.4) is 0 Å². The number of likely N-dealkylation sites (N-methyl/N-ethyl adjacent to an activating group) is 1. The Kier molecular flexibility index (Phi) is 7.21. The van der Waals surface area contributed by atoms with E-state index >= 15 is 0 Å². The van der Waals surface area contributed by atoms with E-state index in [0.717, 1.165) is 11.3 Å². The van der Waals surface area contributed by atoms with Gasteiger partial charge < -0.3 is 20.1 Å². The Balaban J connectivity index is 2.11. The van der Waals surface area contributed by atoms with Crippen molar-refractivity contribution in [3.8, 4) is 5.75 Å². The molecule has 0 unspecified atom stereocenters. The zero-order valence-corrected chi connectivity index (χ0v) is 14.9. The Labute approximate surface area is 148 Å². The lowest BCUT2D eigenvalue weighted by molar-refractivity contribution is -0.138. The van der Waals surface area contributed by atoms with Crippen molar-refractivity contribution < 1.29 is 19.4 Å². The topological polar surface area (TPSA) is 82.1 Å². The van der Waals surface area contributed by atoms with Crippen molar-refractivity contribution in [3.63, 3.8) is 0 Å². The number of carbonyl (C=O) groups is 2. The van der Waals surface area contributed by atoms with Gasteiger partial charge >= 0.3 is 0 Å². The van der Waals surface area contributed by atoms with E-state index in [1.54, 1.807) is 7.05 Å². The van der Waals surface area contributed by atoms with Gasteiger partial charge in [0.2, 0.25) is 11.8 Å². The first-order valence-electron chi connectivity index (χ1n) is 8.64. The van der Waals surface area contributed by atoms with Crippen LogP contribution in [0, 0.1) is 0 Å². The van der Waals surface area contributed by atoms with Gasteiger partial charge in [0.1, 0.15) is 5.75 Å². The van der Waals surface area contributed by atoms with E-state index in [1.807, 2.05) is 36.1 Å². The number of aliphatic hydroxyl groups is 1. The van der Waals surface area contributed by atoms with E-state index in [2.05, 4.69) is 5.32 Å². The molecule has 0 saturated carbocycles. The van der Waals surface area contributed by atoms with E-state index in [-0.39, 0.29) is 31.4 Å². The Morgan fingerprint density at radius 2 is 2.20 bits per heavy atom. The molecule has 7 heteroatoms. The average Bonchev–Trinajstić information content (AvgIpc) is 2.60. The van der Waals surface area contributed by atoms with Gasteiger partial charge in [-0.3, -0.25) is 14.5 Å². The minimum Gasteiger partial charge on any atom is -0.494 e. The molecule has 1 heterocycles. The van der Waals surface area contributed by atoms with Crippen LogP contribution in [0.1, 0.15) is 18.9 Å². The molecule has 1 saturated heterocycles. The van der Waals surface area contributed by atoms with Gasteiger partial charge in [0.25, 0.3) is 0 Å². The number of amides is 2. The van der Waals surface area contributed by atoms with Gasteiger partial charge in [0.15, 0.2) is 0 Å². The number of piperazine rings is 1. The standard InChI is InChI=1S/C18H27N3O4/c1-3-25-16-7-5-4-6-14(16)13-21-9-8-19-18(24)15(21)12-17(23)20(2)10-11-22/h4-7,15,22H,3,8-13H2,1-2H3,(H,19,24)/t15-/m0/s1. The van der Waals surface area contributed by atoms with Crippen LogP contribution in [0.15, 0.2) is 24.3 Å². The van der Waals surface area contributed by atoms with Gasteiger partial charge in [-0.15, -0.1) is 0 Å². The summed E-state index contributed by atoms with van der Waals surface area (Å²) in [6, 6.07) is 7.24. The van der Waals surface area contributed by atoms with Crippen LogP contribution in [0.25, 0.3) is 0 Å². The number of rotatable bonds is 8. The number of para-hydroxylation sites is 1. The summed E-state index contributed by atoms with van der Waals surface area (Å²) in [5, 5.41) is 11.8. The number of hydrogen-bond donors (Lipinski definition) is 2. The van der Waals surface area contributed by atoms with Gasteiger partial charge in [0, 0.05) is 38.8 Å². The van der Waals surface area contributed by atoms with E-state index < -0.39 is 6.04 Å². The number of nitrogens with zero attached hydrogens (tertiary/aromatic N) is 2. The van der Waals surface area contributed by atoms with E-state index in [1.165, 1.54) is 4.90 Å². The van der Waals surface area contributed by atoms with Gasteiger partial charge in [0.05, 0.1) is 25.7 Å². The smallest absolute Gasteiger partial charge is 0.237 e. The molecule has 1 fully saturated rings. The fourth-order valence-corrected chi connectivity index (χ4v) is 2.92. The number of nitrogens with one attached hydrogen (secondary N) is 1. The first kappa shape index (κ1) is 19.2. The molecule has 1 aliphatic heterocycles. The summed E-state index contributed by atoms with van der Waals surface area (Å²) in [4.78, 5) is 28.1. The normalized spacial score (nSPS) is 17.9. The highest BCUT2D eigenvalue weighted by molar-refractivity contribution is 5.88. The molecule has 1 aromatic rings. The molecule has 0 aromatic heterocycles. The summed E-state index contributed by atoms with van der Waals surface area (Å²) >= 11 is 0. The average molecular weight is 349 g/mol. The molecule has 138 valence electrons. The maximum absolute atomic E-state index is 12.3. The summed E-state index contributed by atoms with van der Waals surface area (Å²) in [6.45, 7) is 4.46. The van der Waals surface area contributed by atoms with Crippen molar-refractivity contribution in [2.45, 2.75) is 25.9 Å². The molecule has 0 spiro atoms. The van der Waals surface area contributed by atoms with Gasteiger partial charge in [-0.2, -0.15) is 0 Å². The third-order valence-electron chi connectivity index (χ3n) is 4.32. The molecular weight excluding hydrogens is 322 g/mol. The van der Waals surface area contributed by atoms with Gasteiger partial charge in [-0.05, 0) is 13.0 Å². The lowest BCUT2D eigenvalue weighted by Crippen LogP contribution is -2.56. The first-order valence-corrected chi connectivity index (χ1v) is 8.64. The zero-order chi connectivity index (χ0) is 18.2. The predicted molar refractivity (Wildman–Crippen MR) is 94.2 cm³/mol. The van der Waals surface area contributed by atoms with E-state index in [0.29, 0.717) is 26.2 Å². The zero-order valence-electron chi connectivity index (χ0n) is 14.9. The number of aliphatic hydroxyl groups excluding tert-OH is 1. The highest BCUT2D eigenvalue weighted by Crippen LogP contribution is 2.22. The second-order valence-corrected chi connectivity index (χ2v) is 6.06. The first-order chi connectivity index (χ1) is 12.1. The van der Waals surface area contributed by atoms with Crippen LogP contribution < -0.4 is 10.1 Å². The highest BCUT2D eigenvalue weighted by Gasteiger charge is 2.32. The van der Waals surface area contributed by atoms with Crippen molar-refractivity contribution in [3.05, 3.63) is 29.8 Å². The maximum Gasteiger partial charge on any atom is 0.237 e. The van der Waals surface area contributed by atoms with Crippen LogP contribution in [0.4, 0.5) is 0 Å². The molecule has 0 radical (unpaired) electrons. The molecule has 1 aromatic carbocycles. The molecule has 25 heavy (non-hydrogen) atoms. The van der Waals surface area contributed by atoms with Crippen molar-refractivity contribution in [2.75, 3.05) is 39.9 Å². The third-order valence-corrected chi connectivity index (χ3v) is 4.32. The molecule has 1 aliphatic rings. The van der Waals surface area contributed by atoms with Gasteiger partial charge in [-0.25, -0.2) is 0 Å². The largest absolute Gasteiger partial charge is 0.494 e. The van der Waals surface area contributed by atoms with Crippen LogP contribution in [0.2, 0.25) is 0 Å².